The highest BCUT2D eigenvalue weighted by molar-refractivity contribution is 5.94. The molecule has 2 amide bonds. The second kappa shape index (κ2) is 20.2. The molecule has 4 N–H and O–H groups in total. The van der Waals surface area contributed by atoms with Gasteiger partial charge in [-0.3, -0.25) is 19.2 Å². The molecule has 0 aliphatic heterocycles. The highest BCUT2D eigenvalue weighted by atomic mass is 19.1. The van der Waals surface area contributed by atoms with Gasteiger partial charge in [0, 0.05) is 30.4 Å². The van der Waals surface area contributed by atoms with Crippen LogP contribution < -0.4 is 10.6 Å². The zero-order valence-electron chi connectivity index (χ0n) is 31.6. The number of carboxylic acid groups (broad SMARTS) is 2. The number of oxazole rings is 1. The minimum absolute atomic E-state index is 0.0455. The molecule has 4 aromatic carbocycles. The molecule has 0 fully saturated rings. The quantitative estimate of drug-likeness (QED) is 0.0754. The number of aryl methyl sites for hydroxylation is 1. The molecule has 13 nitrogen and oxygen atoms in total. The molecule has 2 aromatic heterocycles. The molecule has 0 radical (unpaired) electrons. The molecular weight excluding hydrogens is 752 g/mol. The summed E-state index contributed by atoms with van der Waals surface area (Å²) in [5.74, 6) is -2.91. The topological polar surface area (TPSA) is 198 Å². The molecule has 0 aliphatic rings. The van der Waals surface area contributed by atoms with Crippen LogP contribution in [0.25, 0.3) is 22.8 Å². The average Bonchev–Trinajstić information content (AvgIpc) is 3.87. The maximum Gasteiger partial charge on any atom is 0.305 e. The summed E-state index contributed by atoms with van der Waals surface area (Å²) in [6.45, 7) is 3.75. The van der Waals surface area contributed by atoms with Crippen molar-refractivity contribution in [2.45, 2.75) is 64.0 Å². The Balaban J connectivity index is 0.000000221. The number of rotatable bonds is 16. The van der Waals surface area contributed by atoms with E-state index in [9.17, 15) is 33.1 Å². The van der Waals surface area contributed by atoms with Gasteiger partial charge in [0.05, 0.1) is 24.4 Å². The van der Waals surface area contributed by atoms with Gasteiger partial charge in [-0.2, -0.15) is 4.98 Å². The minimum Gasteiger partial charge on any atom is -0.481 e. The molecule has 0 spiro atoms. The minimum atomic E-state index is -1.09. The van der Waals surface area contributed by atoms with Crippen molar-refractivity contribution < 1.29 is 47.1 Å². The summed E-state index contributed by atoms with van der Waals surface area (Å²) in [6, 6.07) is 28.6. The maximum absolute atomic E-state index is 13.8. The van der Waals surface area contributed by atoms with Gasteiger partial charge in [0.15, 0.2) is 5.69 Å². The fourth-order valence-electron chi connectivity index (χ4n) is 5.85. The van der Waals surface area contributed by atoms with Crippen LogP contribution in [0.3, 0.4) is 0 Å². The zero-order chi connectivity index (χ0) is 41.6. The Labute approximate surface area is 332 Å². The lowest BCUT2D eigenvalue weighted by Gasteiger charge is -2.17. The Morgan fingerprint density at radius 3 is 2.03 bits per heavy atom. The molecule has 0 unspecified atom stereocenters. The van der Waals surface area contributed by atoms with Crippen molar-refractivity contribution in [1.82, 2.24) is 25.8 Å². The molecule has 6 aromatic rings. The van der Waals surface area contributed by atoms with Gasteiger partial charge in [0.1, 0.15) is 17.4 Å². The number of nitrogens with zero attached hydrogens (tertiary/aromatic N) is 3. The average molecular weight is 794 g/mol. The zero-order valence-corrected chi connectivity index (χ0v) is 31.6. The van der Waals surface area contributed by atoms with Gasteiger partial charge in [-0.25, -0.2) is 13.8 Å². The van der Waals surface area contributed by atoms with Gasteiger partial charge < -0.3 is 29.8 Å². The summed E-state index contributed by atoms with van der Waals surface area (Å²) in [5, 5.41) is 27.5. The van der Waals surface area contributed by atoms with E-state index in [4.69, 9.17) is 14.0 Å². The van der Waals surface area contributed by atoms with Gasteiger partial charge in [0.25, 0.3) is 5.91 Å². The summed E-state index contributed by atoms with van der Waals surface area (Å²) in [6.07, 6.45) is 0.0928. The van der Waals surface area contributed by atoms with Crippen molar-refractivity contribution in [2.24, 2.45) is 0 Å². The van der Waals surface area contributed by atoms with Crippen LogP contribution in [-0.4, -0.2) is 55.1 Å². The van der Waals surface area contributed by atoms with Crippen molar-refractivity contribution in [2.75, 3.05) is 0 Å². The number of nitrogens with one attached hydrogen (secondary N) is 2. The number of hydrogen-bond acceptors (Lipinski definition) is 9. The van der Waals surface area contributed by atoms with Crippen molar-refractivity contribution in [3.63, 3.8) is 0 Å². The first-order valence-electron chi connectivity index (χ1n) is 18.3. The largest absolute Gasteiger partial charge is 0.481 e. The third-order valence-electron chi connectivity index (χ3n) is 8.63. The van der Waals surface area contributed by atoms with Crippen LogP contribution in [0.2, 0.25) is 0 Å². The number of carbonyl (C=O) groups excluding carboxylic acids is 2. The SMILES string of the molecule is CC(C)c1oc(-c2ccccc2)nc1C(=O)N[C@@H](CC(=O)O)c1ccc(F)cc1.O=C(O)C[C@@H](Cc1ccccc1)NC(=O)CCc1nc(-c2ccccc2F)no1. The van der Waals surface area contributed by atoms with Crippen molar-refractivity contribution >= 4 is 23.8 Å². The van der Waals surface area contributed by atoms with Crippen LogP contribution in [0.15, 0.2) is 118 Å². The van der Waals surface area contributed by atoms with Crippen molar-refractivity contribution in [3.8, 4) is 22.8 Å². The van der Waals surface area contributed by atoms with E-state index < -0.39 is 41.6 Å². The first-order valence-corrected chi connectivity index (χ1v) is 18.3. The normalized spacial score (nSPS) is 11.9. The molecule has 15 heteroatoms. The molecule has 6 rings (SSSR count). The van der Waals surface area contributed by atoms with Crippen LogP contribution >= 0.6 is 0 Å². The number of halogens is 2. The van der Waals surface area contributed by atoms with Crippen LogP contribution in [0.1, 0.15) is 78.3 Å². The number of aliphatic carboxylic acids is 2. The second-order valence-corrected chi connectivity index (χ2v) is 13.5. The van der Waals surface area contributed by atoms with Gasteiger partial charge in [-0.05, 0) is 53.9 Å². The molecule has 2 heterocycles. The van der Waals surface area contributed by atoms with Gasteiger partial charge >= 0.3 is 11.9 Å². The fraction of sp³-hybridized carbons (Fsp3) is 0.233. The summed E-state index contributed by atoms with van der Waals surface area (Å²) in [5.41, 5.74) is 2.48. The van der Waals surface area contributed by atoms with E-state index in [1.807, 2.05) is 74.5 Å². The lowest BCUT2D eigenvalue weighted by molar-refractivity contribution is -0.138. The van der Waals surface area contributed by atoms with Gasteiger partial charge in [-0.15, -0.1) is 0 Å². The highest BCUT2D eigenvalue weighted by Crippen LogP contribution is 2.28. The number of hydrogen-bond donors (Lipinski definition) is 4. The smallest absolute Gasteiger partial charge is 0.305 e. The van der Waals surface area contributed by atoms with E-state index in [1.54, 1.807) is 12.1 Å². The lowest BCUT2D eigenvalue weighted by Crippen LogP contribution is -2.38. The Morgan fingerprint density at radius 2 is 1.40 bits per heavy atom. The summed E-state index contributed by atoms with van der Waals surface area (Å²) in [4.78, 5) is 56.1. The second-order valence-electron chi connectivity index (χ2n) is 13.5. The van der Waals surface area contributed by atoms with Crippen molar-refractivity contribution in [1.29, 1.82) is 0 Å². The Kier molecular flexibility index (Phi) is 14.7. The first kappa shape index (κ1) is 42.1. The summed E-state index contributed by atoms with van der Waals surface area (Å²) < 4.78 is 37.9. The van der Waals surface area contributed by atoms with Crippen LogP contribution in [0.4, 0.5) is 8.78 Å². The number of benzene rings is 4. The Hall–Kier alpha value is -7.03. The van der Waals surface area contributed by atoms with E-state index in [0.29, 0.717) is 23.6 Å². The fourth-order valence-corrected chi connectivity index (χ4v) is 5.85. The van der Waals surface area contributed by atoms with Crippen LogP contribution in [0, 0.1) is 11.6 Å². The van der Waals surface area contributed by atoms with Crippen molar-refractivity contribution in [3.05, 3.63) is 149 Å². The van der Waals surface area contributed by atoms with E-state index in [1.165, 1.54) is 36.4 Å². The highest BCUT2D eigenvalue weighted by Gasteiger charge is 2.27. The number of carboxylic acids is 2. The molecule has 58 heavy (non-hydrogen) atoms. The maximum atomic E-state index is 13.8. The monoisotopic (exact) mass is 793 g/mol. The predicted octanol–water partition coefficient (Wildman–Crippen LogP) is 7.56. The molecule has 2 atom stereocenters. The van der Waals surface area contributed by atoms with E-state index in [2.05, 4.69) is 25.8 Å². The first-order chi connectivity index (χ1) is 27.9. The lowest BCUT2D eigenvalue weighted by atomic mass is 10.0. The standard InChI is InChI=1S/C22H21FN2O4.C21H20FN3O4/c1-13(2)20-19(25-22(29-20)15-6-4-3-5-7-15)21(28)24-17(12-18(26)27)14-8-10-16(23)11-9-14;22-17-9-5-4-8-16(17)21-24-19(29-25-21)11-10-18(26)23-15(13-20(27)28)12-14-6-2-1-3-7-14/h3-11,13,17H,12H2,1-2H3,(H,24,28)(H,26,27);1-9,15H,10-13H2,(H,23,26)(H,27,28)/t17-;15-/m01/s1. The van der Waals surface area contributed by atoms with Crippen LogP contribution in [-0.2, 0) is 27.2 Å². The predicted molar refractivity (Wildman–Crippen MR) is 207 cm³/mol. The van der Waals surface area contributed by atoms with Gasteiger partial charge in [0.2, 0.25) is 23.5 Å². The molecule has 300 valence electrons. The molecular formula is C43H41F2N5O8. The number of amides is 2. The molecule has 0 aliphatic carbocycles. The van der Waals surface area contributed by atoms with E-state index in [-0.39, 0.29) is 60.5 Å². The number of carbonyl (C=O) groups is 4. The number of aromatic nitrogens is 3. The summed E-state index contributed by atoms with van der Waals surface area (Å²) >= 11 is 0. The Morgan fingerprint density at radius 1 is 0.759 bits per heavy atom. The van der Waals surface area contributed by atoms with E-state index >= 15 is 0 Å². The Bertz CT molecular complexity index is 2300. The third-order valence-corrected chi connectivity index (χ3v) is 8.63. The van der Waals surface area contributed by atoms with Crippen LogP contribution in [0.5, 0.6) is 0 Å². The molecule has 0 saturated heterocycles. The summed E-state index contributed by atoms with van der Waals surface area (Å²) in [7, 11) is 0. The third kappa shape index (κ3) is 12.2. The van der Waals surface area contributed by atoms with E-state index in [0.717, 1.165) is 11.1 Å². The molecule has 0 saturated carbocycles. The van der Waals surface area contributed by atoms with Gasteiger partial charge in [-0.1, -0.05) is 91.8 Å². The molecule has 0 bridgehead atoms.